The van der Waals surface area contributed by atoms with E-state index in [9.17, 15) is 17.6 Å². The van der Waals surface area contributed by atoms with Gasteiger partial charge in [-0.3, -0.25) is 4.79 Å². The highest BCUT2D eigenvalue weighted by molar-refractivity contribution is 7.89. The molecule has 1 aliphatic heterocycles. The smallest absolute Gasteiger partial charge is 0.246 e. The average molecular weight is 453 g/mol. The van der Waals surface area contributed by atoms with Gasteiger partial charge in [-0.15, -0.1) is 0 Å². The maximum Gasteiger partial charge on any atom is 0.246 e. The van der Waals surface area contributed by atoms with Crippen LogP contribution in [0.3, 0.4) is 0 Å². The SMILES string of the molecule is COc1ccc(NC(=O)[C@@H]2CCCN(S(=O)(=O)c3cc(F)ccc3OC)C2)c(OC)c1. The molecular formula is C21H25FN2O6S. The van der Waals surface area contributed by atoms with Crippen LogP contribution in [0.1, 0.15) is 12.8 Å². The molecule has 1 aliphatic rings. The van der Waals surface area contributed by atoms with Gasteiger partial charge in [0.2, 0.25) is 15.9 Å². The molecule has 1 saturated heterocycles. The lowest BCUT2D eigenvalue weighted by molar-refractivity contribution is -0.120. The molecule has 1 heterocycles. The predicted octanol–water partition coefficient (Wildman–Crippen LogP) is 2.89. The van der Waals surface area contributed by atoms with Gasteiger partial charge in [-0.2, -0.15) is 4.31 Å². The van der Waals surface area contributed by atoms with Crippen LogP contribution in [-0.4, -0.2) is 53.0 Å². The first kappa shape index (κ1) is 22.8. The molecule has 0 bridgehead atoms. The molecule has 3 rings (SSSR count). The quantitative estimate of drug-likeness (QED) is 0.694. The van der Waals surface area contributed by atoms with Crippen LogP contribution in [0.5, 0.6) is 17.2 Å². The van der Waals surface area contributed by atoms with Crippen LogP contribution in [0, 0.1) is 11.7 Å². The fourth-order valence-corrected chi connectivity index (χ4v) is 5.19. The first-order valence-corrected chi connectivity index (χ1v) is 11.1. The highest BCUT2D eigenvalue weighted by atomic mass is 32.2. The van der Waals surface area contributed by atoms with Crippen LogP contribution in [0.4, 0.5) is 10.1 Å². The molecule has 1 N–H and O–H groups in total. The van der Waals surface area contributed by atoms with Crippen LogP contribution in [-0.2, 0) is 14.8 Å². The summed E-state index contributed by atoms with van der Waals surface area (Å²) < 4.78 is 56.7. The van der Waals surface area contributed by atoms with E-state index in [1.807, 2.05) is 0 Å². The van der Waals surface area contributed by atoms with Gasteiger partial charge in [0.05, 0.1) is 32.9 Å². The lowest BCUT2D eigenvalue weighted by Crippen LogP contribution is -2.43. The fraction of sp³-hybridized carbons (Fsp3) is 0.381. The second-order valence-electron chi connectivity index (χ2n) is 7.05. The standard InChI is InChI=1S/C21H25FN2O6S/c1-28-16-7-8-17(19(12-16)30-3)23-21(25)14-5-4-10-24(13-14)31(26,27)20-11-15(22)6-9-18(20)29-2/h6-9,11-12,14H,4-5,10,13H2,1-3H3,(H,23,25)/t14-/m1/s1. The molecule has 1 fully saturated rings. The number of anilines is 1. The third-order valence-corrected chi connectivity index (χ3v) is 7.05. The van der Waals surface area contributed by atoms with Gasteiger partial charge in [0, 0.05) is 19.2 Å². The number of nitrogens with one attached hydrogen (secondary N) is 1. The number of benzene rings is 2. The maximum absolute atomic E-state index is 13.7. The van der Waals surface area contributed by atoms with Gasteiger partial charge >= 0.3 is 0 Å². The normalized spacial score (nSPS) is 17.1. The Morgan fingerprint density at radius 1 is 1.06 bits per heavy atom. The Kier molecular flexibility index (Phi) is 7.01. The Morgan fingerprint density at radius 3 is 2.48 bits per heavy atom. The Morgan fingerprint density at radius 2 is 1.81 bits per heavy atom. The molecule has 0 unspecified atom stereocenters. The molecule has 0 spiro atoms. The Hall–Kier alpha value is -2.85. The van der Waals surface area contributed by atoms with E-state index in [2.05, 4.69) is 5.32 Å². The van der Waals surface area contributed by atoms with E-state index in [0.29, 0.717) is 30.0 Å². The number of carbonyl (C=O) groups is 1. The Bertz CT molecular complexity index is 1060. The summed E-state index contributed by atoms with van der Waals surface area (Å²) in [5.41, 5.74) is 0.458. The van der Waals surface area contributed by atoms with Crippen molar-refractivity contribution in [3.63, 3.8) is 0 Å². The summed E-state index contributed by atoms with van der Waals surface area (Å²) in [4.78, 5) is 12.6. The monoisotopic (exact) mass is 452 g/mol. The minimum atomic E-state index is -4.04. The number of sulfonamides is 1. The molecule has 0 aliphatic carbocycles. The summed E-state index contributed by atoms with van der Waals surface area (Å²) in [7, 11) is 0.282. The molecule has 10 heteroatoms. The van der Waals surface area contributed by atoms with Crippen LogP contribution in [0.15, 0.2) is 41.3 Å². The molecular weight excluding hydrogens is 427 g/mol. The number of hydrogen-bond acceptors (Lipinski definition) is 6. The lowest BCUT2D eigenvalue weighted by atomic mass is 9.98. The van der Waals surface area contributed by atoms with Gasteiger partial charge in [-0.25, -0.2) is 12.8 Å². The first-order valence-electron chi connectivity index (χ1n) is 9.66. The van der Waals surface area contributed by atoms with Gasteiger partial charge in [0.25, 0.3) is 0 Å². The number of piperidine rings is 1. The van der Waals surface area contributed by atoms with Gasteiger partial charge in [0.1, 0.15) is 28.0 Å². The first-order chi connectivity index (χ1) is 14.8. The summed E-state index contributed by atoms with van der Waals surface area (Å²) in [6, 6.07) is 8.32. The fourth-order valence-electron chi connectivity index (χ4n) is 3.50. The molecule has 0 aromatic heterocycles. The Balaban J connectivity index is 1.79. The van der Waals surface area contributed by atoms with Gasteiger partial charge in [-0.1, -0.05) is 0 Å². The van der Waals surface area contributed by atoms with Gasteiger partial charge in [0.15, 0.2) is 0 Å². The minimum absolute atomic E-state index is 0.0215. The lowest BCUT2D eigenvalue weighted by Gasteiger charge is -2.31. The summed E-state index contributed by atoms with van der Waals surface area (Å²) in [5.74, 6) is -0.524. The van der Waals surface area contributed by atoms with Crippen molar-refractivity contribution in [2.45, 2.75) is 17.7 Å². The highest BCUT2D eigenvalue weighted by Crippen LogP contribution is 2.32. The number of hydrogen-bond donors (Lipinski definition) is 1. The van der Waals surface area contributed by atoms with Crippen molar-refractivity contribution >= 4 is 21.6 Å². The van der Waals surface area contributed by atoms with E-state index in [0.717, 1.165) is 12.1 Å². The second-order valence-corrected chi connectivity index (χ2v) is 8.96. The number of halogens is 1. The number of ether oxygens (including phenoxy) is 3. The van der Waals surface area contributed by atoms with E-state index in [1.54, 1.807) is 18.2 Å². The Labute approximate surface area is 181 Å². The molecule has 8 nitrogen and oxygen atoms in total. The van der Waals surface area contributed by atoms with Gasteiger partial charge < -0.3 is 19.5 Å². The molecule has 2 aromatic carbocycles. The van der Waals surface area contributed by atoms with Crippen molar-refractivity contribution in [3.05, 3.63) is 42.2 Å². The van der Waals surface area contributed by atoms with Gasteiger partial charge in [-0.05, 0) is 43.2 Å². The number of nitrogens with zero attached hydrogens (tertiary/aromatic N) is 1. The summed E-state index contributed by atoms with van der Waals surface area (Å²) in [6.07, 6.45) is 1.02. The van der Waals surface area contributed by atoms with Crippen LogP contribution < -0.4 is 19.5 Å². The van der Waals surface area contributed by atoms with Crippen LogP contribution in [0.25, 0.3) is 0 Å². The molecule has 31 heavy (non-hydrogen) atoms. The van der Waals surface area contributed by atoms with E-state index < -0.39 is 21.8 Å². The zero-order valence-electron chi connectivity index (χ0n) is 17.6. The molecule has 168 valence electrons. The van der Waals surface area contributed by atoms with Crippen molar-refractivity contribution in [2.24, 2.45) is 5.92 Å². The van der Waals surface area contributed by atoms with Crippen molar-refractivity contribution in [1.29, 1.82) is 0 Å². The minimum Gasteiger partial charge on any atom is -0.497 e. The molecule has 0 radical (unpaired) electrons. The van der Waals surface area contributed by atoms with Crippen molar-refractivity contribution in [3.8, 4) is 17.2 Å². The van der Waals surface area contributed by atoms with Crippen LogP contribution >= 0.6 is 0 Å². The van der Waals surface area contributed by atoms with E-state index >= 15 is 0 Å². The zero-order chi connectivity index (χ0) is 22.6. The molecule has 1 amide bonds. The number of rotatable bonds is 7. The summed E-state index contributed by atoms with van der Waals surface area (Å²) in [5, 5.41) is 2.80. The van der Waals surface area contributed by atoms with E-state index in [4.69, 9.17) is 14.2 Å². The third kappa shape index (κ3) is 4.91. The van der Waals surface area contributed by atoms with Crippen molar-refractivity contribution in [2.75, 3.05) is 39.7 Å². The van der Waals surface area contributed by atoms with E-state index in [1.165, 1.54) is 31.7 Å². The van der Waals surface area contributed by atoms with Crippen LogP contribution in [0.2, 0.25) is 0 Å². The maximum atomic E-state index is 13.7. The number of methoxy groups -OCH3 is 3. The van der Waals surface area contributed by atoms with Crippen molar-refractivity contribution < 1.29 is 31.8 Å². The van der Waals surface area contributed by atoms with E-state index in [-0.39, 0.29) is 29.6 Å². The molecule has 2 aromatic rings. The third-order valence-electron chi connectivity index (χ3n) is 5.16. The topological polar surface area (TPSA) is 94.2 Å². The highest BCUT2D eigenvalue weighted by Gasteiger charge is 2.35. The summed E-state index contributed by atoms with van der Waals surface area (Å²) >= 11 is 0. The molecule has 0 saturated carbocycles. The molecule has 1 atom stereocenters. The number of carbonyl (C=O) groups excluding carboxylic acids is 1. The largest absolute Gasteiger partial charge is 0.497 e. The number of amides is 1. The second kappa shape index (κ2) is 9.52. The summed E-state index contributed by atoms with van der Waals surface area (Å²) in [6.45, 7) is 0.212. The predicted molar refractivity (Wildman–Crippen MR) is 113 cm³/mol. The average Bonchev–Trinajstić information content (AvgIpc) is 2.79. The zero-order valence-corrected chi connectivity index (χ0v) is 18.4. The van der Waals surface area contributed by atoms with Crippen molar-refractivity contribution in [1.82, 2.24) is 4.31 Å².